The lowest BCUT2D eigenvalue weighted by molar-refractivity contribution is -0.125. The summed E-state index contributed by atoms with van der Waals surface area (Å²) in [5.41, 5.74) is 7.22. The molecular weight excluding hydrogens is 474 g/mol. The Morgan fingerprint density at radius 2 is 1.83 bits per heavy atom. The largest absolute Gasteiger partial charge is 0.329 e. The lowest BCUT2D eigenvalue weighted by atomic mass is 10.1. The predicted molar refractivity (Wildman–Crippen MR) is 139 cm³/mol. The quantitative estimate of drug-likeness (QED) is 0.372. The van der Waals surface area contributed by atoms with Crippen molar-refractivity contribution in [3.63, 3.8) is 0 Å². The highest BCUT2D eigenvalue weighted by atomic mass is 32.1. The number of aromatic nitrogens is 2. The number of carbonyl (C=O) groups is 3. The minimum absolute atomic E-state index is 0.0282. The highest BCUT2D eigenvalue weighted by molar-refractivity contribution is 7.14. The lowest BCUT2D eigenvalue weighted by Gasteiger charge is -2.15. The van der Waals surface area contributed by atoms with Crippen molar-refractivity contribution in [3.05, 3.63) is 88.1 Å². The molecule has 36 heavy (non-hydrogen) atoms. The molecule has 9 heteroatoms. The molecule has 3 heterocycles. The molecule has 0 bridgehead atoms. The fourth-order valence-electron chi connectivity index (χ4n) is 4.40. The zero-order chi connectivity index (χ0) is 25.4. The van der Waals surface area contributed by atoms with E-state index in [1.807, 2.05) is 5.38 Å². The maximum Gasteiger partial charge on any atom is 0.324 e. The SMILES string of the molecule is Cc1ccc(-n2c(C)cc(-c3csc(NC(=O)c4ccccc4CN4C(=O)CNC4=O)n3)c2C)cc1. The molecule has 1 aliphatic heterocycles. The fraction of sp³-hybridized carbons (Fsp3) is 0.185. The van der Waals surface area contributed by atoms with Gasteiger partial charge in [-0.3, -0.25) is 19.8 Å². The molecule has 4 amide bonds. The van der Waals surface area contributed by atoms with E-state index in [2.05, 4.69) is 71.3 Å². The second kappa shape index (κ2) is 9.43. The van der Waals surface area contributed by atoms with E-state index in [0.29, 0.717) is 16.3 Å². The van der Waals surface area contributed by atoms with Crippen molar-refractivity contribution in [3.8, 4) is 16.9 Å². The second-order valence-corrected chi connectivity index (χ2v) is 9.60. The number of benzene rings is 2. The first-order chi connectivity index (χ1) is 17.3. The van der Waals surface area contributed by atoms with E-state index < -0.39 is 6.03 Å². The monoisotopic (exact) mass is 499 g/mol. The Morgan fingerprint density at radius 3 is 2.56 bits per heavy atom. The Hall–Kier alpha value is -4.24. The van der Waals surface area contributed by atoms with Gasteiger partial charge < -0.3 is 9.88 Å². The molecule has 4 aromatic rings. The minimum atomic E-state index is -0.456. The maximum atomic E-state index is 13.1. The van der Waals surface area contributed by atoms with E-state index >= 15 is 0 Å². The molecule has 5 rings (SSSR count). The number of hydrogen-bond acceptors (Lipinski definition) is 5. The number of nitrogens with one attached hydrogen (secondary N) is 2. The van der Waals surface area contributed by atoms with E-state index in [1.165, 1.54) is 16.9 Å². The number of rotatable bonds is 6. The minimum Gasteiger partial charge on any atom is -0.329 e. The summed E-state index contributed by atoms with van der Waals surface area (Å²) in [4.78, 5) is 42.8. The van der Waals surface area contributed by atoms with Gasteiger partial charge in [0, 0.05) is 33.6 Å². The van der Waals surface area contributed by atoms with Crippen molar-refractivity contribution >= 4 is 34.3 Å². The van der Waals surface area contributed by atoms with Gasteiger partial charge in [0.1, 0.15) is 0 Å². The Kier molecular flexibility index (Phi) is 6.15. The molecule has 1 fully saturated rings. The van der Waals surface area contributed by atoms with Crippen LogP contribution in [0, 0.1) is 20.8 Å². The molecule has 2 aromatic heterocycles. The topological polar surface area (TPSA) is 96.3 Å². The molecule has 1 aliphatic rings. The first-order valence-electron chi connectivity index (χ1n) is 11.5. The van der Waals surface area contributed by atoms with Crippen molar-refractivity contribution in [1.29, 1.82) is 0 Å². The van der Waals surface area contributed by atoms with Gasteiger partial charge in [0.2, 0.25) is 5.91 Å². The van der Waals surface area contributed by atoms with Crippen LogP contribution in [0.15, 0.2) is 60.0 Å². The molecule has 0 unspecified atom stereocenters. The van der Waals surface area contributed by atoms with E-state index in [0.717, 1.165) is 33.2 Å². The molecule has 0 aliphatic carbocycles. The van der Waals surface area contributed by atoms with Crippen LogP contribution in [0.4, 0.5) is 9.93 Å². The molecule has 2 aromatic carbocycles. The maximum absolute atomic E-state index is 13.1. The van der Waals surface area contributed by atoms with E-state index in [-0.39, 0.29) is 24.9 Å². The highest BCUT2D eigenvalue weighted by Crippen LogP contribution is 2.32. The van der Waals surface area contributed by atoms with Crippen LogP contribution in [0.5, 0.6) is 0 Å². The molecular formula is C27H25N5O3S. The Labute approximate surface area is 212 Å². The van der Waals surface area contributed by atoms with Gasteiger partial charge in [0.25, 0.3) is 5.91 Å². The molecule has 0 spiro atoms. The average molecular weight is 500 g/mol. The molecule has 0 saturated carbocycles. The van der Waals surface area contributed by atoms with Crippen LogP contribution in [0.25, 0.3) is 16.9 Å². The van der Waals surface area contributed by atoms with Crippen LogP contribution < -0.4 is 10.6 Å². The summed E-state index contributed by atoms with van der Waals surface area (Å²) in [6, 6.07) is 17.0. The third-order valence-electron chi connectivity index (χ3n) is 6.25. The lowest BCUT2D eigenvalue weighted by Crippen LogP contribution is -2.31. The number of aryl methyl sites for hydroxylation is 2. The number of imide groups is 1. The van der Waals surface area contributed by atoms with Crippen LogP contribution >= 0.6 is 11.3 Å². The van der Waals surface area contributed by atoms with Gasteiger partial charge in [-0.15, -0.1) is 11.3 Å². The first kappa shape index (κ1) is 23.5. The van der Waals surface area contributed by atoms with E-state index in [4.69, 9.17) is 0 Å². The average Bonchev–Trinajstić information content (AvgIpc) is 3.53. The van der Waals surface area contributed by atoms with Crippen LogP contribution in [0.3, 0.4) is 0 Å². The summed E-state index contributed by atoms with van der Waals surface area (Å²) in [5, 5.41) is 7.77. The number of anilines is 1. The van der Waals surface area contributed by atoms with Crippen LogP contribution in [0.2, 0.25) is 0 Å². The number of nitrogens with zero attached hydrogens (tertiary/aromatic N) is 3. The number of thiazole rings is 1. The summed E-state index contributed by atoms with van der Waals surface area (Å²) in [7, 11) is 0. The van der Waals surface area contributed by atoms with Gasteiger partial charge >= 0.3 is 6.03 Å². The van der Waals surface area contributed by atoms with Crippen molar-refractivity contribution in [2.45, 2.75) is 27.3 Å². The predicted octanol–water partition coefficient (Wildman–Crippen LogP) is 4.83. The smallest absolute Gasteiger partial charge is 0.324 e. The number of urea groups is 1. The van der Waals surface area contributed by atoms with Gasteiger partial charge in [-0.2, -0.15) is 0 Å². The summed E-state index contributed by atoms with van der Waals surface area (Å²) in [6.07, 6.45) is 0. The van der Waals surface area contributed by atoms with Crippen LogP contribution in [-0.2, 0) is 11.3 Å². The fourth-order valence-corrected chi connectivity index (χ4v) is 5.10. The number of carbonyl (C=O) groups excluding carboxylic acids is 3. The van der Waals surface area contributed by atoms with Crippen molar-refractivity contribution in [2.24, 2.45) is 0 Å². The van der Waals surface area contributed by atoms with E-state index in [9.17, 15) is 14.4 Å². The zero-order valence-electron chi connectivity index (χ0n) is 20.2. The molecule has 2 N–H and O–H groups in total. The molecule has 0 radical (unpaired) electrons. The number of amides is 4. The van der Waals surface area contributed by atoms with Crippen molar-refractivity contribution in [2.75, 3.05) is 11.9 Å². The van der Waals surface area contributed by atoms with Crippen molar-refractivity contribution in [1.82, 2.24) is 19.8 Å². The van der Waals surface area contributed by atoms with Gasteiger partial charge in [-0.05, 0) is 50.6 Å². The summed E-state index contributed by atoms with van der Waals surface area (Å²) in [5.74, 6) is -0.660. The standard InChI is InChI=1S/C27H25N5O3S/c1-16-8-10-20(11-9-16)32-17(2)12-22(18(32)3)23-15-36-26(29-23)30-25(34)21-7-5-4-6-19(21)14-31-24(33)13-28-27(31)35/h4-12,15H,13-14H2,1-3H3,(H,28,35)(H,29,30,34). The Bertz CT molecular complexity index is 1470. The van der Waals surface area contributed by atoms with Crippen LogP contribution in [0.1, 0.15) is 32.9 Å². The van der Waals surface area contributed by atoms with Gasteiger partial charge in [-0.25, -0.2) is 9.78 Å². The van der Waals surface area contributed by atoms with Crippen LogP contribution in [-0.4, -0.2) is 38.8 Å². The number of hydrogen-bond donors (Lipinski definition) is 2. The normalized spacial score (nSPS) is 13.2. The van der Waals surface area contributed by atoms with Gasteiger partial charge in [0.15, 0.2) is 5.13 Å². The molecule has 182 valence electrons. The highest BCUT2D eigenvalue weighted by Gasteiger charge is 2.29. The Balaban J connectivity index is 1.37. The first-order valence-corrected chi connectivity index (χ1v) is 12.4. The summed E-state index contributed by atoms with van der Waals surface area (Å²) < 4.78 is 2.19. The third-order valence-corrected chi connectivity index (χ3v) is 7.01. The molecule has 8 nitrogen and oxygen atoms in total. The third kappa shape index (κ3) is 4.40. The Morgan fingerprint density at radius 1 is 1.08 bits per heavy atom. The van der Waals surface area contributed by atoms with Crippen molar-refractivity contribution < 1.29 is 14.4 Å². The summed E-state index contributed by atoms with van der Waals surface area (Å²) in [6.45, 7) is 6.19. The zero-order valence-corrected chi connectivity index (χ0v) is 21.0. The van der Waals surface area contributed by atoms with Gasteiger partial charge in [-0.1, -0.05) is 35.9 Å². The molecule has 0 atom stereocenters. The molecule has 1 saturated heterocycles. The second-order valence-electron chi connectivity index (χ2n) is 8.74. The van der Waals surface area contributed by atoms with E-state index in [1.54, 1.807) is 24.3 Å². The summed E-state index contributed by atoms with van der Waals surface area (Å²) >= 11 is 1.35. The van der Waals surface area contributed by atoms with Gasteiger partial charge in [0.05, 0.1) is 18.8 Å².